The number of fused-ring (bicyclic) bond motifs is 1. The SMILES string of the molecule is Cc1nc(CNC(=O)c2csc(C(C)C)n2)nc2c1CCCC2. The molecule has 1 aliphatic rings. The van der Waals surface area contributed by atoms with E-state index in [4.69, 9.17) is 0 Å². The summed E-state index contributed by atoms with van der Waals surface area (Å²) in [5.74, 6) is 0.871. The van der Waals surface area contributed by atoms with Gasteiger partial charge in [0, 0.05) is 22.7 Å². The van der Waals surface area contributed by atoms with E-state index in [0.29, 0.717) is 24.0 Å². The fourth-order valence-electron chi connectivity index (χ4n) is 2.83. The van der Waals surface area contributed by atoms with E-state index >= 15 is 0 Å². The molecule has 0 fully saturated rings. The molecule has 122 valence electrons. The van der Waals surface area contributed by atoms with Crippen LogP contribution in [0.1, 0.15) is 70.9 Å². The Morgan fingerprint density at radius 3 is 2.78 bits per heavy atom. The van der Waals surface area contributed by atoms with Gasteiger partial charge in [-0.25, -0.2) is 15.0 Å². The molecule has 0 atom stereocenters. The fraction of sp³-hybridized carbons (Fsp3) is 0.529. The highest BCUT2D eigenvalue weighted by Gasteiger charge is 2.17. The summed E-state index contributed by atoms with van der Waals surface area (Å²) in [7, 11) is 0. The lowest BCUT2D eigenvalue weighted by Gasteiger charge is -2.17. The second-order valence-corrected chi connectivity index (χ2v) is 7.16. The minimum atomic E-state index is -0.160. The maximum atomic E-state index is 12.2. The number of rotatable bonds is 4. The van der Waals surface area contributed by atoms with E-state index in [1.165, 1.54) is 29.7 Å². The molecule has 0 unspecified atom stereocenters. The standard InChI is InChI=1S/C17H22N4OS/c1-10(2)17-21-14(9-23-17)16(22)18-8-15-19-11(3)12-6-4-5-7-13(12)20-15/h9-10H,4-8H2,1-3H3,(H,18,22). The van der Waals surface area contributed by atoms with Gasteiger partial charge in [-0.3, -0.25) is 4.79 Å². The molecule has 0 bridgehead atoms. The van der Waals surface area contributed by atoms with E-state index in [2.05, 4.69) is 34.1 Å². The van der Waals surface area contributed by atoms with Crippen LogP contribution < -0.4 is 5.32 Å². The van der Waals surface area contributed by atoms with Gasteiger partial charge in [0.1, 0.15) is 11.5 Å². The van der Waals surface area contributed by atoms with Crippen molar-refractivity contribution in [3.8, 4) is 0 Å². The van der Waals surface area contributed by atoms with Crippen molar-refractivity contribution in [3.05, 3.63) is 38.9 Å². The van der Waals surface area contributed by atoms with Crippen molar-refractivity contribution in [3.63, 3.8) is 0 Å². The number of aromatic nitrogens is 3. The first-order valence-corrected chi connectivity index (χ1v) is 9.01. The average Bonchev–Trinajstić information content (AvgIpc) is 3.03. The number of nitrogens with one attached hydrogen (secondary N) is 1. The summed E-state index contributed by atoms with van der Waals surface area (Å²) in [6, 6.07) is 0. The Labute approximate surface area is 140 Å². The summed E-state index contributed by atoms with van der Waals surface area (Å²) >= 11 is 1.53. The van der Waals surface area contributed by atoms with Gasteiger partial charge in [-0.1, -0.05) is 13.8 Å². The highest BCUT2D eigenvalue weighted by molar-refractivity contribution is 7.09. The van der Waals surface area contributed by atoms with Crippen molar-refractivity contribution < 1.29 is 4.79 Å². The Morgan fingerprint density at radius 1 is 1.26 bits per heavy atom. The van der Waals surface area contributed by atoms with Crippen molar-refractivity contribution in [2.75, 3.05) is 0 Å². The number of nitrogens with zero attached hydrogens (tertiary/aromatic N) is 3. The smallest absolute Gasteiger partial charge is 0.271 e. The predicted molar refractivity (Wildman–Crippen MR) is 90.8 cm³/mol. The molecule has 6 heteroatoms. The molecule has 0 aromatic carbocycles. The van der Waals surface area contributed by atoms with Gasteiger partial charge in [0.25, 0.3) is 5.91 Å². The van der Waals surface area contributed by atoms with E-state index < -0.39 is 0 Å². The molecule has 5 nitrogen and oxygen atoms in total. The molecule has 23 heavy (non-hydrogen) atoms. The van der Waals surface area contributed by atoms with Crippen molar-refractivity contribution in [1.29, 1.82) is 0 Å². The number of amides is 1. The number of carbonyl (C=O) groups is 1. The first-order valence-electron chi connectivity index (χ1n) is 8.13. The maximum absolute atomic E-state index is 12.2. The third-order valence-electron chi connectivity index (χ3n) is 4.09. The molecule has 0 aliphatic heterocycles. The summed E-state index contributed by atoms with van der Waals surface area (Å²) in [6.45, 7) is 6.53. The van der Waals surface area contributed by atoms with Crippen molar-refractivity contribution in [2.24, 2.45) is 0 Å². The normalized spacial score (nSPS) is 13.9. The summed E-state index contributed by atoms with van der Waals surface area (Å²) in [5.41, 5.74) is 3.99. The van der Waals surface area contributed by atoms with Crippen molar-refractivity contribution in [2.45, 2.75) is 58.9 Å². The van der Waals surface area contributed by atoms with Crippen molar-refractivity contribution >= 4 is 17.2 Å². The van der Waals surface area contributed by atoms with E-state index in [-0.39, 0.29) is 5.91 Å². The fourth-order valence-corrected chi connectivity index (χ4v) is 3.65. The summed E-state index contributed by atoms with van der Waals surface area (Å²) in [6.07, 6.45) is 4.50. The van der Waals surface area contributed by atoms with E-state index in [1.807, 2.05) is 12.3 Å². The zero-order valence-corrected chi connectivity index (χ0v) is 14.7. The lowest BCUT2D eigenvalue weighted by molar-refractivity contribution is 0.0945. The van der Waals surface area contributed by atoms with Crippen LogP contribution in [0.4, 0.5) is 0 Å². The molecule has 0 spiro atoms. The number of aryl methyl sites for hydroxylation is 2. The molecule has 1 aliphatic carbocycles. The molecule has 0 saturated heterocycles. The lowest BCUT2D eigenvalue weighted by Crippen LogP contribution is -2.25. The first-order chi connectivity index (χ1) is 11.0. The summed E-state index contributed by atoms with van der Waals surface area (Å²) in [4.78, 5) is 25.8. The average molecular weight is 330 g/mol. The van der Waals surface area contributed by atoms with Crippen LogP contribution in [0.3, 0.4) is 0 Å². The molecule has 2 aromatic heterocycles. The van der Waals surface area contributed by atoms with Gasteiger partial charge in [0.15, 0.2) is 0 Å². The zero-order valence-electron chi connectivity index (χ0n) is 13.8. The minimum absolute atomic E-state index is 0.160. The Kier molecular flexibility index (Phi) is 4.71. The van der Waals surface area contributed by atoms with Gasteiger partial charge in [-0.15, -0.1) is 11.3 Å². The molecule has 3 rings (SSSR count). The van der Waals surface area contributed by atoms with Gasteiger partial charge >= 0.3 is 0 Å². The van der Waals surface area contributed by atoms with Gasteiger partial charge in [0.05, 0.1) is 11.6 Å². The molecule has 0 saturated carbocycles. The van der Waals surface area contributed by atoms with E-state index in [1.54, 1.807) is 0 Å². The van der Waals surface area contributed by atoms with Crippen LogP contribution in [-0.4, -0.2) is 20.9 Å². The van der Waals surface area contributed by atoms with Crippen LogP contribution in [-0.2, 0) is 19.4 Å². The van der Waals surface area contributed by atoms with E-state index in [0.717, 1.165) is 29.2 Å². The van der Waals surface area contributed by atoms with E-state index in [9.17, 15) is 4.79 Å². The van der Waals surface area contributed by atoms with Crippen LogP contribution in [0.5, 0.6) is 0 Å². The first kappa shape index (κ1) is 16.1. The van der Waals surface area contributed by atoms with Gasteiger partial charge in [-0.2, -0.15) is 0 Å². The highest BCUT2D eigenvalue weighted by Crippen LogP contribution is 2.22. The third-order valence-corrected chi connectivity index (χ3v) is 5.24. The van der Waals surface area contributed by atoms with Crippen LogP contribution in [0.2, 0.25) is 0 Å². The zero-order chi connectivity index (χ0) is 16.4. The van der Waals surface area contributed by atoms with Crippen LogP contribution in [0.15, 0.2) is 5.38 Å². The predicted octanol–water partition coefficient (Wildman–Crippen LogP) is 3.17. The second-order valence-electron chi connectivity index (χ2n) is 6.27. The molecular weight excluding hydrogens is 308 g/mol. The minimum Gasteiger partial charge on any atom is -0.343 e. The van der Waals surface area contributed by atoms with Crippen LogP contribution >= 0.6 is 11.3 Å². The molecular formula is C17H22N4OS. The quantitative estimate of drug-likeness (QED) is 0.935. The number of thiazole rings is 1. The largest absolute Gasteiger partial charge is 0.343 e. The Hall–Kier alpha value is -1.82. The number of hydrogen-bond donors (Lipinski definition) is 1. The van der Waals surface area contributed by atoms with Crippen LogP contribution in [0.25, 0.3) is 0 Å². The monoisotopic (exact) mass is 330 g/mol. The second kappa shape index (κ2) is 6.74. The third kappa shape index (κ3) is 3.58. The number of hydrogen-bond acceptors (Lipinski definition) is 5. The van der Waals surface area contributed by atoms with Crippen molar-refractivity contribution in [1.82, 2.24) is 20.3 Å². The molecule has 2 heterocycles. The highest BCUT2D eigenvalue weighted by atomic mass is 32.1. The Morgan fingerprint density at radius 2 is 2.04 bits per heavy atom. The topological polar surface area (TPSA) is 67.8 Å². The molecule has 1 N–H and O–H groups in total. The number of carbonyl (C=O) groups excluding carboxylic acids is 1. The molecule has 0 radical (unpaired) electrons. The summed E-state index contributed by atoms with van der Waals surface area (Å²) < 4.78 is 0. The molecule has 1 amide bonds. The van der Waals surface area contributed by atoms with Gasteiger partial charge in [-0.05, 0) is 38.2 Å². The Bertz CT molecular complexity index is 723. The lowest BCUT2D eigenvalue weighted by atomic mass is 9.95. The van der Waals surface area contributed by atoms with Crippen LogP contribution in [0, 0.1) is 6.92 Å². The van der Waals surface area contributed by atoms with Gasteiger partial charge < -0.3 is 5.32 Å². The molecule has 2 aromatic rings. The van der Waals surface area contributed by atoms with Gasteiger partial charge in [0.2, 0.25) is 0 Å². The maximum Gasteiger partial charge on any atom is 0.271 e. The summed E-state index contributed by atoms with van der Waals surface area (Å²) in [5, 5.41) is 5.67. The Balaban J connectivity index is 1.68.